The number of nitrogens with zero attached hydrogens (tertiary/aromatic N) is 2. The lowest BCUT2D eigenvalue weighted by Crippen LogP contribution is -2.62. The smallest absolute Gasteiger partial charge is 0.222 e. The van der Waals surface area contributed by atoms with E-state index in [1.165, 1.54) is 0 Å². The van der Waals surface area contributed by atoms with Crippen molar-refractivity contribution < 1.29 is 9.59 Å². The largest absolute Gasteiger partial charge is 0.343 e. The van der Waals surface area contributed by atoms with E-state index in [2.05, 4.69) is 0 Å². The van der Waals surface area contributed by atoms with Gasteiger partial charge in [0.1, 0.15) is 0 Å². The molecule has 0 bridgehead atoms. The van der Waals surface area contributed by atoms with Crippen molar-refractivity contribution in [3.05, 3.63) is 0 Å². The van der Waals surface area contributed by atoms with Gasteiger partial charge in [-0.25, -0.2) is 0 Å². The Labute approximate surface area is 103 Å². The van der Waals surface area contributed by atoms with Crippen molar-refractivity contribution in [3.63, 3.8) is 0 Å². The third-order valence-corrected chi connectivity index (χ3v) is 4.19. The van der Waals surface area contributed by atoms with Gasteiger partial charge in [-0.3, -0.25) is 9.59 Å². The zero-order valence-electron chi connectivity index (χ0n) is 10.9. The summed E-state index contributed by atoms with van der Waals surface area (Å²) in [6.45, 7) is 7.40. The van der Waals surface area contributed by atoms with Gasteiger partial charge in [0, 0.05) is 44.4 Å². The van der Waals surface area contributed by atoms with Gasteiger partial charge in [0.15, 0.2) is 0 Å². The van der Waals surface area contributed by atoms with Crippen LogP contribution in [0.25, 0.3) is 0 Å². The topological polar surface area (TPSA) is 40.6 Å². The second-order valence-electron chi connectivity index (χ2n) is 5.34. The second-order valence-corrected chi connectivity index (χ2v) is 5.34. The van der Waals surface area contributed by atoms with Crippen LogP contribution in [0, 0.1) is 5.41 Å². The minimum absolute atomic E-state index is 0.265. The van der Waals surface area contributed by atoms with E-state index in [4.69, 9.17) is 0 Å². The van der Waals surface area contributed by atoms with Crippen molar-refractivity contribution in [1.82, 2.24) is 9.80 Å². The summed E-state index contributed by atoms with van der Waals surface area (Å²) in [5, 5.41) is 0. The number of likely N-dealkylation sites (tertiary alicyclic amines) is 2. The number of piperidine rings is 1. The number of carbonyl (C=O) groups is 2. The highest BCUT2D eigenvalue weighted by atomic mass is 16.2. The van der Waals surface area contributed by atoms with Crippen LogP contribution in [-0.4, -0.2) is 47.8 Å². The maximum absolute atomic E-state index is 11.6. The third kappa shape index (κ3) is 2.31. The summed E-state index contributed by atoms with van der Waals surface area (Å²) in [4.78, 5) is 27.0. The minimum Gasteiger partial charge on any atom is -0.343 e. The third-order valence-electron chi connectivity index (χ3n) is 4.19. The first-order chi connectivity index (χ1) is 8.10. The molecule has 0 aromatic carbocycles. The van der Waals surface area contributed by atoms with Crippen molar-refractivity contribution in [2.75, 3.05) is 26.2 Å². The van der Waals surface area contributed by atoms with Crippen LogP contribution >= 0.6 is 0 Å². The highest BCUT2D eigenvalue weighted by molar-refractivity contribution is 5.77. The molecule has 17 heavy (non-hydrogen) atoms. The zero-order chi connectivity index (χ0) is 12.5. The Kier molecular flexibility index (Phi) is 3.40. The molecule has 0 unspecified atom stereocenters. The first-order valence-corrected chi connectivity index (χ1v) is 6.66. The number of amides is 2. The van der Waals surface area contributed by atoms with E-state index in [1.807, 2.05) is 23.6 Å². The van der Waals surface area contributed by atoms with E-state index in [9.17, 15) is 9.59 Å². The molecule has 4 heteroatoms. The number of carbonyl (C=O) groups excluding carboxylic acids is 2. The Morgan fingerprint density at radius 1 is 0.941 bits per heavy atom. The van der Waals surface area contributed by atoms with Gasteiger partial charge in [0.2, 0.25) is 11.8 Å². The Hall–Kier alpha value is -1.06. The highest BCUT2D eigenvalue weighted by Crippen LogP contribution is 2.40. The predicted molar refractivity (Wildman–Crippen MR) is 65.4 cm³/mol. The summed E-state index contributed by atoms with van der Waals surface area (Å²) < 4.78 is 0. The first kappa shape index (κ1) is 12.4. The summed E-state index contributed by atoms with van der Waals surface area (Å²) in [5.74, 6) is 0.531. The van der Waals surface area contributed by atoms with Crippen molar-refractivity contribution in [1.29, 1.82) is 0 Å². The van der Waals surface area contributed by atoms with Crippen LogP contribution in [0.1, 0.15) is 39.5 Å². The Bertz CT molecular complexity index is 311. The molecule has 0 aromatic heterocycles. The van der Waals surface area contributed by atoms with Gasteiger partial charge in [0.25, 0.3) is 0 Å². The van der Waals surface area contributed by atoms with Gasteiger partial charge in [0.05, 0.1) is 0 Å². The number of rotatable bonds is 2. The van der Waals surface area contributed by atoms with Crippen LogP contribution in [0.5, 0.6) is 0 Å². The average Bonchev–Trinajstić information content (AvgIpc) is 2.34. The molecule has 2 rings (SSSR count). The molecule has 0 saturated carbocycles. The van der Waals surface area contributed by atoms with E-state index < -0.39 is 0 Å². The van der Waals surface area contributed by atoms with E-state index >= 15 is 0 Å². The molecule has 2 heterocycles. The molecule has 2 saturated heterocycles. The Balaban J connectivity index is 1.81. The van der Waals surface area contributed by atoms with E-state index in [1.54, 1.807) is 0 Å². The fourth-order valence-corrected chi connectivity index (χ4v) is 2.93. The van der Waals surface area contributed by atoms with Crippen LogP contribution in [0.3, 0.4) is 0 Å². The maximum Gasteiger partial charge on any atom is 0.222 e. The van der Waals surface area contributed by atoms with Crippen LogP contribution in [0.15, 0.2) is 0 Å². The van der Waals surface area contributed by atoms with Crippen molar-refractivity contribution in [3.8, 4) is 0 Å². The quantitative estimate of drug-likeness (QED) is 0.726. The Morgan fingerprint density at radius 2 is 1.41 bits per heavy atom. The fraction of sp³-hybridized carbons (Fsp3) is 0.846. The van der Waals surface area contributed by atoms with Crippen LogP contribution < -0.4 is 0 Å². The lowest BCUT2D eigenvalue weighted by Gasteiger charge is -2.54. The van der Waals surface area contributed by atoms with Crippen molar-refractivity contribution in [2.45, 2.75) is 39.5 Å². The number of hydrogen-bond donors (Lipinski definition) is 0. The molecule has 0 atom stereocenters. The molecule has 0 aromatic rings. The molecule has 2 fully saturated rings. The van der Waals surface area contributed by atoms with Crippen molar-refractivity contribution >= 4 is 11.8 Å². The van der Waals surface area contributed by atoms with E-state index in [-0.39, 0.29) is 11.8 Å². The second kappa shape index (κ2) is 4.67. The summed E-state index contributed by atoms with van der Waals surface area (Å²) in [5.41, 5.74) is 0.329. The van der Waals surface area contributed by atoms with Gasteiger partial charge in [-0.2, -0.15) is 0 Å². The summed E-state index contributed by atoms with van der Waals surface area (Å²) in [6, 6.07) is 0. The van der Waals surface area contributed by atoms with Gasteiger partial charge in [-0.1, -0.05) is 13.8 Å². The monoisotopic (exact) mass is 238 g/mol. The summed E-state index contributed by atoms with van der Waals surface area (Å²) >= 11 is 0. The maximum atomic E-state index is 11.6. The summed E-state index contributed by atoms with van der Waals surface area (Å²) in [6.07, 6.45) is 3.34. The molecule has 2 aliphatic rings. The minimum atomic E-state index is 0.265. The molecule has 96 valence electrons. The van der Waals surface area contributed by atoms with Gasteiger partial charge in [-0.05, 0) is 12.8 Å². The lowest BCUT2D eigenvalue weighted by molar-refractivity contribution is -0.149. The standard InChI is InChI=1S/C13H22N2O2/c1-3-11(16)14-7-5-13(6-8-14)9-15(10-13)12(17)4-2/h3-10H2,1-2H3. The highest BCUT2D eigenvalue weighted by Gasteiger charge is 2.46. The molecule has 2 aliphatic heterocycles. The predicted octanol–water partition coefficient (Wildman–Crippen LogP) is 1.26. The summed E-state index contributed by atoms with van der Waals surface area (Å²) in [7, 11) is 0. The van der Waals surface area contributed by atoms with Gasteiger partial charge >= 0.3 is 0 Å². The molecule has 0 radical (unpaired) electrons. The van der Waals surface area contributed by atoms with E-state index in [0.29, 0.717) is 18.3 Å². The molecule has 4 nitrogen and oxygen atoms in total. The van der Waals surface area contributed by atoms with Crippen LogP contribution in [0.2, 0.25) is 0 Å². The van der Waals surface area contributed by atoms with Crippen LogP contribution in [0.4, 0.5) is 0 Å². The molecule has 0 aliphatic carbocycles. The van der Waals surface area contributed by atoms with Crippen molar-refractivity contribution in [2.24, 2.45) is 5.41 Å². The molecular formula is C13H22N2O2. The normalized spacial score (nSPS) is 22.5. The lowest BCUT2D eigenvalue weighted by atomic mass is 9.72. The zero-order valence-corrected chi connectivity index (χ0v) is 10.9. The molecular weight excluding hydrogens is 216 g/mol. The van der Waals surface area contributed by atoms with Gasteiger partial charge < -0.3 is 9.80 Å². The Morgan fingerprint density at radius 3 is 1.88 bits per heavy atom. The SMILES string of the molecule is CCC(=O)N1CCC2(CC1)CN(C(=O)CC)C2. The van der Waals surface area contributed by atoms with Gasteiger partial charge in [-0.15, -0.1) is 0 Å². The van der Waals surface area contributed by atoms with Crippen LogP contribution in [-0.2, 0) is 9.59 Å². The fourth-order valence-electron chi connectivity index (χ4n) is 2.93. The average molecular weight is 238 g/mol. The molecule has 0 N–H and O–H groups in total. The first-order valence-electron chi connectivity index (χ1n) is 6.66. The molecule has 2 amide bonds. The molecule has 1 spiro atoms. The number of hydrogen-bond acceptors (Lipinski definition) is 2. The van der Waals surface area contributed by atoms with E-state index in [0.717, 1.165) is 39.0 Å².